The van der Waals surface area contributed by atoms with Gasteiger partial charge >= 0.3 is 0 Å². The number of ether oxygens (including phenoxy) is 2. The third-order valence-corrected chi connectivity index (χ3v) is 7.51. The van der Waals surface area contributed by atoms with Crippen molar-refractivity contribution in [2.75, 3.05) is 27.3 Å². The minimum absolute atomic E-state index is 0.0484. The zero-order valence-electron chi connectivity index (χ0n) is 18.4. The lowest BCUT2D eigenvalue weighted by molar-refractivity contribution is -0.129. The Hall–Kier alpha value is -2.24. The van der Waals surface area contributed by atoms with Crippen molar-refractivity contribution in [2.24, 2.45) is 23.7 Å². The Morgan fingerprint density at radius 1 is 1.20 bits per heavy atom. The average molecular weight is 415 g/mol. The molecule has 2 saturated carbocycles. The molecule has 3 fully saturated rings. The maximum Gasteiger partial charge on any atom is 0.225 e. The molecule has 0 unspecified atom stereocenters. The molecule has 0 radical (unpaired) electrons. The van der Waals surface area contributed by atoms with Crippen LogP contribution in [0.1, 0.15) is 44.6 Å². The van der Waals surface area contributed by atoms with Gasteiger partial charge in [0.2, 0.25) is 11.8 Å². The summed E-state index contributed by atoms with van der Waals surface area (Å²) in [4.78, 5) is 27.1. The molecule has 4 rings (SSSR count). The predicted molar refractivity (Wildman–Crippen MR) is 114 cm³/mol. The third kappa shape index (κ3) is 4.28. The van der Waals surface area contributed by atoms with Gasteiger partial charge in [-0.1, -0.05) is 12.5 Å². The summed E-state index contributed by atoms with van der Waals surface area (Å²) >= 11 is 0. The van der Waals surface area contributed by atoms with Crippen LogP contribution < -0.4 is 14.8 Å². The number of methoxy groups -OCH3 is 2. The molecule has 2 aliphatic carbocycles. The molecule has 1 aromatic rings. The molecule has 1 saturated heterocycles. The third-order valence-electron chi connectivity index (χ3n) is 7.51. The first-order valence-electron chi connectivity index (χ1n) is 11.3. The summed E-state index contributed by atoms with van der Waals surface area (Å²) in [6, 6.07) is 6.03. The van der Waals surface area contributed by atoms with Crippen molar-refractivity contribution >= 4 is 11.8 Å². The van der Waals surface area contributed by atoms with Gasteiger partial charge < -0.3 is 19.7 Å². The van der Waals surface area contributed by atoms with Crippen LogP contribution in [0.4, 0.5) is 0 Å². The summed E-state index contributed by atoms with van der Waals surface area (Å²) in [5.41, 5.74) is 1.08. The highest BCUT2D eigenvalue weighted by Gasteiger charge is 2.43. The van der Waals surface area contributed by atoms with Gasteiger partial charge in [-0.2, -0.15) is 0 Å². The van der Waals surface area contributed by atoms with Crippen LogP contribution >= 0.6 is 0 Å². The number of nitrogens with zero attached hydrogens (tertiary/aromatic N) is 1. The number of hydrogen-bond donors (Lipinski definition) is 1. The molecular formula is C24H34N2O4. The van der Waals surface area contributed by atoms with E-state index >= 15 is 0 Å². The summed E-state index contributed by atoms with van der Waals surface area (Å²) in [5, 5.41) is 3.24. The first kappa shape index (κ1) is 21.0. The average Bonchev–Trinajstić information content (AvgIpc) is 3.47. The second kappa shape index (κ2) is 8.86. The van der Waals surface area contributed by atoms with Gasteiger partial charge in [-0.3, -0.25) is 9.59 Å². The number of fused-ring (bicyclic) bond motifs is 2. The fraction of sp³-hybridized carbons (Fsp3) is 0.667. The smallest absolute Gasteiger partial charge is 0.225 e. The molecule has 1 heterocycles. The predicted octanol–water partition coefficient (Wildman–Crippen LogP) is 3.04. The number of carbonyl (C=O) groups excluding carboxylic acids is 2. The van der Waals surface area contributed by atoms with Crippen LogP contribution in [-0.2, 0) is 16.0 Å². The van der Waals surface area contributed by atoms with E-state index in [0.29, 0.717) is 36.9 Å². The first-order chi connectivity index (χ1) is 14.5. The van der Waals surface area contributed by atoms with E-state index in [9.17, 15) is 9.59 Å². The number of amides is 2. The topological polar surface area (TPSA) is 67.9 Å². The molecule has 5 atom stereocenters. The molecule has 3 aliphatic rings. The first-order valence-corrected chi connectivity index (χ1v) is 11.3. The van der Waals surface area contributed by atoms with E-state index in [1.165, 1.54) is 25.7 Å². The Morgan fingerprint density at radius 3 is 2.67 bits per heavy atom. The minimum atomic E-state index is -0.232. The summed E-state index contributed by atoms with van der Waals surface area (Å²) in [7, 11) is 3.23. The second-order valence-corrected chi connectivity index (χ2v) is 9.32. The van der Waals surface area contributed by atoms with E-state index in [1.807, 2.05) is 23.1 Å². The molecule has 1 aliphatic heterocycles. The molecule has 30 heavy (non-hydrogen) atoms. The Labute approximate surface area is 179 Å². The van der Waals surface area contributed by atoms with Crippen molar-refractivity contribution in [3.63, 3.8) is 0 Å². The van der Waals surface area contributed by atoms with E-state index in [0.717, 1.165) is 23.8 Å². The highest BCUT2D eigenvalue weighted by atomic mass is 16.5. The van der Waals surface area contributed by atoms with Crippen molar-refractivity contribution < 1.29 is 19.1 Å². The molecular weight excluding hydrogens is 380 g/mol. The van der Waals surface area contributed by atoms with Crippen LogP contribution in [0.5, 0.6) is 11.5 Å². The zero-order chi connectivity index (χ0) is 21.3. The molecule has 2 bridgehead atoms. The van der Waals surface area contributed by atoms with Crippen LogP contribution in [-0.4, -0.2) is 50.1 Å². The number of carbonyl (C=O) groups is 2. The van der Waals surface area contributed by atoms with E-state index in [4.69, 9.17) is 9.47 Å². The Bertz CT molecular complexity index is 795. The summed E-state index contributed by atoms with van der Waals surface area (Å²) < 4.78 is 10.6. The van der Waals surface area contributed by atoms with Crippen LogP contribution in [0.3, 0.4) is 0 Å². The largest absolute Gasteiger partial charge is 0.493 e. The van der Waals surface area contributed by atoms with Gasteiger partial charge in [-0.15, -0.1) is 0 Å². The fourth-order valence-corrected chi connectivity index (χ4v) is 5.82. The second-order valence-electron chi connectivity index (χ2n) is 9.32. The number of benzene rings is 1. The fourth-order valence-electron chi connectivity index (χ4n) is 5.82. The molecule has 6 heteroatoms. The Balaban J connectivity index is 1.28. The number of rotatable bonds is 8. The van der Waals surface area contributed by atoms with Gasteiger partial charge in [0, 0.05) is 25.6 Å². The molecule has 0 aromatic heterocycles. The Morgan fingerprint density at radius 2 is 2.00 bits per heavy atom. The van der Waals surface area contributed by atoms with Gasteiger partial charge in [-0.05, 0) is 68.1 Å². The zero-order valence-corrected chi connectivity index (χ0v) is 18.4. The van der Waals surface area contributed by atoms with Crippen molar-refractivity contribution in [2.45, 2.75) is 51.5 Å². The lowest BCUT2D eigenvalue weighted by atomic mass is 9.84. The van der Waals surface area contributed by atoms with Gasteiger partial charge in [0.05, 0.1) is 20.1 Å². The van der Waals surface area contributed by atoms with E-state index in [-0.39, 0.29) is 23.8 Å². The highest BCUT2D eigenvalue weighted by molar-refractivity contribution is 5.89. The monoisotopic (exact) mass is 414 g/mol. The maximum absolute atomic E-state index is 12.8. The van der Waals surface area contributed by atoms with E-state index < -0.39 is 0 Å². The lowest BCUT2D eigenvalue weighted by Crippen LogP contribution is -2.43. The lowest BCUT2D eigenvalue weighted by Gasteiger charge is -2.29. The van der Waals surface area contributed by atoms with Gasteiger partial charge in [0.1, 0.15) is 0 Å². The molecule has 1 aromatic carbocycles. The van der Waals surface area contributed by atoms with Crippen molar-refractivity contribution in [3.05, 3.63) is 23.8 Å². The van der Waals surface area contributed by atoms with Crippen LogP contribution in [0.15, 0.2) is 18.2 Å². The van der Waals surface area contributed by atoms with Gasteiger partial charge in [-0.25, -0.2) is 0 Å². The van der Waals surface area contributed by atoms with Crippen LogP contribution in [0.2, 0.25) is 0 Å². The van der Waals surface area contributed by atoms with Crippen LogP contribution in [0.25, 0.3) is 0 Å². The Kier molecular flexibility index (Phi) is 6.21. The number of nitrogens with one attached hydrogen (secondary N) is 1. The molecule has 164 valence electrons. The molecule has 1 N–H and O–H groups in total. The van der Waals surface area contributed by atoms with Crippen molar-refractivity contribution in [1.82, 2.24) is 10.2 Å². The SMILES string of the molecule is COc1ccc(CCN2C[C@H](C(=O)N[C@H](C)[C@@H]3C[C@H]4CC[C@H]3C4)CC2=O)cc1OC. The quantitative estimate of drug-likeness (QED) is 0.710. The normalized spacial score (nSPS) is 28.6. The van der Waals surface area contributed by atoms with Crippen LogP contribution in [0, 0.1) is 23.7 Å². The molecule has 0 spiro atoms. The molecule has 6 nitrogen and oxygen atoms in total. The maximum atomic E-state index is 12.8. The summed E-state index contributed by atoms with van der Waals surface area (Å²) in [5.74, 6) is 3.55. The van der Waals surface area contributed by atoms with Crippen molar-refractivity contribution in [1.29, 1.82) is 0 Å². The number of likely N-dealkylation sites (tertiary alicyclic amines) is 1. The van der Waals surface area contributed by atoms with E-state index in [1.54, 1.807) is 14.2 Å². The number of hydrogen-bond acceptors (Lipinski definition) is 4. The van der Waals surface area contributed by atoms with Crippen molar-refractivity contribution in [3.8, 4) is 11.5 Å². The summed E-state index contributed by atoms with van der Waals surface area (Å²) in [6.45, 7) is 3.27. The van der Waals surface area contributed by atoms with Gasteiger partial charge in [0.25, 0.3) is 0 Å². The standard InChI is InChI=1S/C24H34N2O4/c1-15(20-11-17-4-6-18(20)10-17)25-24(28)19-13-23(27)26(14-19)9-8-16-5-7-21(29-2)22(12-16)30-3/h5,7,12,15,17-20H,4,6,8-11,13-14H2,1-3H3,(H,25,28)/t15-,17+,18+,19-,20+/m1/s1. The molecule has 2 amide bonds. The minimum Gasteiger partial charge on any atom is -0.493 e. The summed E-state index contributed by atoms with van der Waals surface area (Å²) in [6.07, 6.45) is 6.34. The van der Waals surface area contributed by atoms with Gasteiger partial charge in [0.15, 0.2) is 11.5 Å². The van der Waals surface area contributed by atoms with E-state index in [2.05, 4.69) is 12.2 Å². The highest BCUT2D eigenvalue weighted by Crippen LogP contribution is 2.49.